The first kappa shape index (κ1) is 21.1. The molecule has 1 atom stereocenters. The molecule has 2 N–H and O–H groups in total. The lowest BCUT2D eigenvalue weighted by Crippen LogP contribution is -2.37. The number of benzene rings is 2. The predicted molar refractivity (Wildman–Crippen MR) is 113 cm³/mol. The molecule has 0 radical (unpaired) electrons. The number of aliphatic carboxylic acids is 1. The third-order valence-electron chi connectivity index (χ3n) is 5.02. The Balaban J connectivity index is 2.06. The molecule has 3 aromatic rings. The highest BCUT2D eigenvalue weighted by molar-refractivity contribution is 7.89. The number of carboxylic acids is 1. The number of allylic oxidation sites excluding steroid dienone is 1. The number of nitro benzene ring substituents is 1. The topological polar surface area (TPSA) is 154 Å². The lowest BCUT2D eigenvalue weighted by molar-refractivity contribution is -0.384. The molecule has 0 spiro atoms. The monoisotopic (exact) mass is 456 g/mol. The van der Waals surface area contributed by atoms with E-state index < -0.39 is 32.5 Å². The molecule has 1 aliphatic heterocycles. The van der Waals surface area contributed by atoms with E-state index in [9.17, 15) is 33.2 Å². The number of rotatable bonds is 5. The number of carbonyl (C=O) groups is 1. The summed E-state index contributed by atoms with van der Waals surface area (Å²) < 4.78 is 28.2. The van der Waals surface area contributed by atoms with Gasteiger partial charge in [-0.25, -0.2) is 9.48 Å². The molecule has 12 heteroatoms. The third-order valence-corrected chi connectivity index (χ3v) is 6.70. The van der Waals surface area contributed by atoms with E-state index in [4.69, 9.17) is 0 Å². The zero-order valence-electron chi connectivity index (χ0n) is 16.5. The quantitative estimate of drug-likeness (QED) is 0.437. The Morgan fingerprint density at radius 1 is 1.12 bits per heavy atom. The summed E-state index contributed by atoms with van der Waals surface area (Å²) in [5, 5.41) is 23.9. The second kappa shape index (κ2) is 7.50. The van der Waals surface area contributed by atoms with Gasteiger partial charge in [0.15, 0.2) is 0 Å². The molecule has 2 heterocycles. The van der Waals surface area contributed by atoms with Crippen molar-refractivity contribution >= 4 is 27.5 Å². The largest absolute Gasteiger partial charge is 0.478 e. The minimum atomic E-state index is -4.42. The number of anilines is 1. The summed E-state index contributed by atoms with van der Waals surface area (Å²) in [6.07, 6.45) is 0. The molecule has 0 amide bonds. The van der Waals surface area contributed by atoms with Crippen LogP contribution < -0.4 is 10.9 Å². The van der Waals surface area contributed by atoms with Gasteiger partial charge in [0.2, 0.25) is 0 Å². The van der Waals surface area contributed by atoms with Crippen molar-refractivity contribution in [2.24, 2.45) is 0 Å². The second-order valence-corrected chi connectivity index (χ2v) is 8.76. The molecule has 1 aliphatic rings. The Morgan fingerprint density at radius 3 is 2.44 bits per heavy atom. The fraction of sp³-hybridized carbons (Fsp3) is 0.100. The first-order valence-corrected chi connectivity index (χ1v) is 10.7. The molecule has 0 saturated carbocycles. The number of nitrogens with zero attached hydrogens (tertiary/aromatic N) is 3. The van der Waals surface area contributed by atoms with Crippen LogP contribution in [0.25, 0.3) is 0 Å². The molecule has 1 unspecified atom stereocenters. The van der Waals surface area contributed by atoms with Crippen LogP contribution >= 0.6 is 0 Å². The summed E-state index contributed by atoms with van der Waals surface area (Å²) in [7, 11) is -4.42. The number of fused-ring (bicyclic) bond motifs is 1. The van der Waals surface area contributed by atoms with Crippen LogP contribution in [0.4, 0.5) is 11.5 Å². The molecular formula is C20H16N4O7S. The first-order chi connectivity index (χ1) is 15.1. The molecule has 164 valence electrons. The van der Waals surface area contributed by atoms with E-state index in [0.717, 1.165) is 16.8 Å². The van der Waals surface area contributed by atoms with Crippen molar-refractivity contribution in [3.63, 3.8) is 0 Å². The average Bonchev–Trinajstić information content (AvgIpc) is 3.09. The van der Waals surface area contributed by atoms with Crippen LogP contribution in [-0.4, -0.2) is 33.2 Å². The summed E-state index contributed by atoms with van der Waals surface area (Å²) >= 11 is 0. The van der Waals surface area contributed by atoms with Crippen LogP contribution in [0.15, 0.2) is 81.6 Å². The summed E-state index contributed by atoms with van der Waals surface area (Å²) in [6, 6.07) is 12.1. The number of nitrogens with one attached hydrogen (secondary N) is 1. The summed E-state index contributed by atoms with van der Waals surface area (Å²) in [6.45, 7) is 1.46. The number of nitro groups is 1. The van der Waals surface area contributed by atoms with Crippen LogP contribution in [0.1, 0.15) is 18.5 Å². The summed E-state index contributed by atoms with van der Waals surface area (Å²) in [5.74, 6) is -1.34. The Hall–Kier alpha value is -4.19. The van der Waals surface area contributed by atoms with Gasteiger partial charge in [0, 0.05) is 23.9 Å². The molecule has 4 rings (SSSR count). The van der Waals surface area contributed by atoms with E-state index in [1.54, 1.807) is 6.07 Å². The lowest BCUT2D eigenvalue weighted by atomic mass is 9.95. The van der Waals surface area contributed by atoms with Gasteiger partial charge in [-0.1, -0.05) is 30.3 Å². The predicted octanol–water partition coefficient (Wildman–Crippen LogP) is 2.17. The zero-order valence-corrected chi connectivity index (χ0v) is 17.3. The Kier molecular flexibility index (Phi) is 4.93. The third kappa shape index (κ3) is 3.26. The van der Waals surface area contributed by atoms with Crippen molar-refractivity contribution in [1.29, 1.82) is 0 Å². The SMILES string of the molecule is CC1=C(C(=O)O)C(c2cccc([N+](=O)[O-])c2)n2c(cc(=O)n2S(=O)(=O)c2ccccc2)N1. The molecule has 0 fully saturated rings. The summed E-state index contributed by atoms with van der Waals surface area (Å²) in [5.41, 5.74) is -1.18. The van der Waals surface area contributed by atoms with Gasteiger partial charge in [0.25, 0.3) is 21.3 Å². The van der Waals surface area contributed by atoms with Gasteiger partial charge in [-0.15, -0.1) is 4.09 Å². The van der Waals surface area contributed by atoms with Crippen molar-refractivity contribution in [1.82, 2.24) is 8.77 Å². The molecule has 2 aromatic carbocycles. The van der Waals surface area contributed by atoms with Gasteiger partial charge in [-0.3, -0.25) is 14.9 Å². The van der Waals surface area contributed by atoms with Crippen LogP contribution in [-0.2, 0) is 14.8 Å². The summed E-state index contributed by atoms with van der Waals surface area (Å²) in [4.78, 5) is 35.4. The van der Waals surface area contributed by atoms with Gasteiger partial charge in [0.05, 0.1) is 15.4 Å². The normalized spacial score (nSPS) is 15.7. The average molecular weight is 456 g/mol. The van der Waals surface area contributed by atoms with Crippen LogP contribution in [0.5, 0.6) is 0 Å². The molecule has 0 aliphatic carbocycles. The van der Waals surface area contributed by atoms with E-state index in [1.807, 2.05) is 0 Å². The van der Waals surface area contributed by atoms with Crippen molar-refractivity contribution < 1.29 is 23.2 Å². The number of aromatic nitrogens is 2. The van der Waals surface area contributed by atoms with Crippen LogP contribution in [0.3, 0.4) is 0 Å². The first-order valence-electron chi connectivity index (χ1n) is 9.23. The minimum absolute atomic E-state index is 0.0357. The van der Waals surface area contributed by atoms with E-state index in [0.29, 0.717) is 4.09 Å². The zero-order chi connectivity index (χ0) is 23.2. The number of hydrogen-bond acceptors (Lipinski definition) is 7. The molecular weight excluding hydrogens is 440 g/mol. The van der Waals surface area contributed by atoms with Gasteiger partial charge in [0.1, 0.15) is 11.9 Å². The highest BCUT2D eigenvalue weighted by atomic mass is 32.2. The van der Waals surface area contributed by atoms with Crippen LogP contribution in [0, 0.1) is 10.1 Å². The fourth-order valence-corrected chi connectivity index (χ4v) is 5.09. The van der Waals surface area contributed by atoms with Crippen molar-refractivity contribution in [3.05, 3.63) is 98.0 Å². The van der Waals surface area contributed by atoms with Crippen molar-refractivity contribution in [2.75, 3.05) is 5.32 Å². The van der Waals surface area contributed by atoms with E-state index >= 15 is 0 Å². The maximum Gasteiger partial charge on any atom is 0.335 e. The maximum absolute atomic E-state index is 13.3. The smallest absolute Gasteiger partial charge is 0.335 e. The van der Waals surface area contributed by atoms with Gasteiger partial charge in [-0.05, 0) is 24.6 Å². The minimum Gasteiger partial charge on any atom is -0.478 e. The number of carboxylic acid groups (broad SMARTS) is 1. The van der Waals surface area contributed by atoms with E-state index in [-0.39, 0.29) is 33.2 Å². The molecule has 32 heavy (non-hydrogen) atoms. The van der Waals surface area contributed by atoms with Gasteiger partial charge in [-0.2, -0.15) is 8.42 Å². The highest BCUT2D eigenvalue weighted by Crippen LogP contribution is 2.37. The Bertz CT molecular complexity index is 1450. The highest BCUT2D eigenvalue weighted by Gasteiger charge is 2.38. The van der Waals surface area contributed by atoms with Crippen molar-refractivity contribution in [3.8, 4) is 0 Å². The molecule has 0 saturated heterocycles. The lowest BCUT2D eigenvalue weighted by Gasteiger charge is -2.30. The number of non-ortho nitro benzene ring substituents is 1. The fourth-order valence-electron chi connectivity index (χ4n) is 3.69. The standard InChI is InChI=1S/C20H16N4O7S/c1-12-18(20(26)27)19(13-6-5-7-14(10-13)24(28)29)22-16(21-12)11-17(25)23(22)32(30,31)15-8-3-2-4-9-15/h2-11,19,21H,1H3,(H,26,27). The van der Waals surface area contributed by atoms with Crippen molar-refractivity contribution in [2.45, 2.75) is 17.9 Å². The Morgan fingerprint density at radius 2 is 1.81 bits per heavy atom. The van der Waals surface area contributed by atoms with Crippen LogP contribution in [0.2, 0.25) is 0 Å². The molecule has 11 nitrogen and oxygen atoms in total. The maximum atomic E-state index is 13.3. The second-order valence-electron chi connectivity index (χ2n) is 7.00. The van der Waals surface area contributed by atoms with E-state index in [2.05, 4.69) is 5.32 Å². The van der Waals surface area contributed by atoms with Gasteiger partial charge >= 0.3 is 5.97 Å². The molecule has 0 bridgehead atoms. The number of hydrogen-bond donors (Lipinski definition) is 2. The van der Waals surface area contributed by atoms with Gasteiger partial charge < -0.3 is 10.4 Å². The molecule has 1 aromatic heterocycles. The Labute approximate surface area is 181 Å². The van der Waals surface area contributed by atoms with E-state index in [1.165, 1.54) is 49.4 Å².